The Labute approximate surface area is 195 Å². The van der Waals surface area contributed by atoms with Gasteiger partial charge >= 0.3 is 0 Å². The second-order valence-corrected chi connectivity index (χ2v) is 11.6. The molecule has 1 saturated heterocycles. The van der Waals surface area contributed by atoms with Crippen molar-refractivity contribution < 1.29 is 26.4 Å². The maximum absolute atomic E-state index is 13.0. The molecule has 0 spiro atoms. The number of sulfonamides is 2. The summed E-state index contributed by atoms with van der Waals surface area (Å²) in [5.41, 5.74) is 0.921. The summed E-state index contributed by atoms with van der Waals surface area (Å²) in [6.45, 7) is 2.23. The molecule has 9 nitrogen and oxygen atoms in total. The van der Waals surface area contributed by atoms with Crippen molar-refractivity contribution in [2.75, 3.05) is 36.0 Å². The van der Waals surface area contributed by atoms with Crippen LogP contribution in [0.2, 0.25) is 0 Å². The molecule has 1 fully saturated rings. The van der Waals surface area contributed by atoms with Gasteiger partial charge in [-0.2, -0.15) is 4.31 Å². The number of carbonyl (C=O) groups is 1. The molecule has 3 rings (SSSR count). The van der Waals surface area contributed by atoms with E-state index in [2.05, 4.69) is 10.0 Å². The fourth-order valence-corrected chi connectivity index (χ4v) is 6.30. The minimum atomic E-state index is -3.72. The Morgan fingerprint density at radius 1 is 1.03 bits per heavy atom. The zero-order chi connectivity index (χ0) is 24.1. The lowest BCUT2D eigenvalue weighted by molar-refractivity contribution is -0.120. The number of benzene rings is 2. The van der Waals surface area contributed by atoms with Gasteiger partial charge in [-0.3, -0.25) is 9.52 Å². The maximum Gasteiger partial charge on any atom is 0.243 e. The van der Waals surface area contributed by atoms with Crippen molar-refractivity contribution in [3.05, 3.63) is 48.5 Å². The fourth-order valence-electron chi connectivity index (χ4n) is 3.64. The lowest BCUT2D eigenvalue weighted by Crippen LogP contribution is -2.43. The van der Waals surface area contributed by atoms with Gasteiger partial charge in [-0.05, 0) is 67.8 Å². The second kappa shape index (κ2) is 10.5. The first-order valence-electron chi connectivity index (χ1n) is 10.7. The van der Waals surface area contributed by atoms with Crippen LogP contribution in [0.1, 0.15) is 26.2 Å². The monoisotopic (exact) mass is 495 g/mol. The molecule has 1 heterocycles. The highest BCUT2D eigenvalue weighted by molar-refractivity contribution is 7.92. The Bertz CT molecular complexity index is 1160. The third kappa shape index (κ3) is 6.46. The van der Waals surface area contributed by atoms with E-state index in [0.29, 0.717) is 42.9 Å². The van der Waals surface area contributed by atoms with Gasteiger partial charge in [0.25, 0.3) is 0 Å². The van der Waals surface area contributed by atoms with E-state index in [4.69, 9.17) is 4.74 Å². The lowest BCUT2D eigenvalue weighted by atomic mass is 9.98. The normalized spacial score (nSPS) is 17.3. The molecule has 0 bridgehead atoms. The predicted octanol–water partition coefficient (Wildman–Crippen LogP) is 2.89. The molecular weight excluding hydrogens is 466 g/mol. The van der Waals surface area contributed by atoms with Crippen molar-refractivity contribution in [3.63, 3.8) is 0 Å². The molecule has 0 saturated carbocycles. The van der Waals surface area contributed by atoms with Gasteiger partial charge in [0.1, 0.15) is 5.75 Å². The largest absolute Gasteiger partial charge is 0.497 e. The van der Waals surface area contributed by atoms with E-state index in [1.807, 2.05) is 0 Å². The minimum Gasteiger partial charge on any atom is -0.497 e. The average Bonchev–Trinajstić information content (AvgIpc) is 2.80. The third-order valence-electron chi connectivity index (χ3n) is 5.35. The molecule has 2 N–H and O–H groups in total. The summed E-state index contributed by atoms with van der Waals surface area (Å²) in [4.78, 5) is 13.0. The summed E-state index contributed by atoms with van der Waals surface area (Å²) in [7, 11) is -5.60. The van der Waals surface area contributed by atoms with Gasteiger partial charge in [0, 0.05) is 24.5 Å². The zero-order valence-electron chi connectivity index (χ0n) is 18.7. The lowest BCUT2D eigenvalue weighted by Gasteiger charge is -2.31. The third-order valence-corrected chi connectivity index (χ3v) is 8.72. The SMILES string of the molecule is CCCS(=O)(=O)Nc1ccc(NC(=O)C2CCCN(S(=O)(=O)c3ccc(OC)cc3)C2)cc1. The molecule has 2 aromatic rings. The molecule has 1 aliphatic heterocycles. The first-order chi connectivity index (χ1) is 15.6. The quantitative estimate of drug-likeness (QED) is 0.552. The molecular formula is C22H29N3O6S2. The molecule has 1 aliphatic rings. The maximum atomic E-state index is 13.0. The van der Waals surface area contributed by atoms with Crippen LogP contribution >= 0.6 is 0 Å². The van der Waals surface area contributed by atoms with E-state index < -0.39 is 26.0 Å². The number of hydrogen-bond donors (Lipinski definition) is 2. The van der Waals surface area contributed by atoms with Gasteiger partial charge in [0.05, 0.1) is 23.7 Å². The summed E-state index contributed by atoms with van der Waals surface area (Å²) in [5.74, 6) is -0.171. The number of methoxy groups -OCH3 is 1. The molecule has 1 unspecified atom stereocenters. The molecule has 11 heteroatoms. The number of nitrogens with zero attached hydrogens (tertiary/aromatic N) is 1. The van der Waals surface area contributed by atoms with Crippen LogP contribution in [0.5, 0.6) is 5.75 Å². The van der Waals surface area contributed by atoms with Crippen LogP contribution in [0.25, 0.3) is 0 Å². The number of amides is 1. The van der Waals surface area contributed by atoms with Gasteiger partial charge in [0.2, 0.25) is 26.0 Å². The van der Waals surface area contributed by atoms with Crippen LogP contribution in [-0.4, -0.2) is 53.0 Å². The van der Waals surface area contributed by atoms with Crippen molar-refractivity contribution in [2.45, 2.75) is 31.1 Å². The number of piperidine rings is 1. The predicted molar refractivity (Wildman–Crippen MR) is 127 cm³/mol. The molecule has 0 radical (unpaired) electrons. The Hall–Kier alpha value is -2.63. The van der Waals surface area contributed by atoms with Crippen molar-refractivity contribution in [1.29, 1.82) is 0 Å². The smallest absolute Gasteiger partial charge is 0.243 e. The van der Waals surface area contributed by atoms with Crippen molar-refractivity contribution in [2.24, 2.45) is 5.92 Å². The summed E-state index contributed by atoms with van der Waals surface area (Å²) < 4.78 is 58.7. The van der Waals surface area contributed by atoms with Crippen LogP contribution in [-0.2, 0) is 24.8 Å². The topological polar surface area (TPSA) is 122 Å². The van der Waals surface area contributed by atoms with Crippen molar-refractivity contribution >= 4 is 37.3 Å². The molecule has 1 amide bonds. The Balaban J connectivity index is 1.63. The summed E-state index contributed by atoms with van der Waals surface area (Å²) in [5, 5.41) is 2.80. The fraction of sp³-hybridized carbons (Fsp3) is 0.409. The molecule has 0 aromatic heterocycles. The van der Waals surface area contributed by atoms with Gasteiger partial charge in [-0.1, -0.05) is 6.92 Å². The number of nitrogens with one attached hydrogen (secondary N) is 2. The molecule has 0 aliphatic carbocycles. The van der Waals surface area contributed by atoms with Gasteiger partial charge in [-0.15, -0.1) is 0 Å². The second-order valence-electron chi connectivity index (χ2n) is 7.87. The number of hydrogen-bond acceptors (Lipinski definition) is 6. The Kier molecular flexibility index (Phi) is 7.98. The van der Waals surface area contributed by atoms with Gasteiger partial charge in [-0.25, -0.2) is 16.8 Å². The summed E-state index contributed by atoms with van der Waals surface area (Å²) in [6, 6.07) is 12.5. The summed E-state index contributed by atoms with van der Waals surface area (Å²) in [6.07, 6.45) is 1.66. The van der Waals surface area contributed by atoms with E-state index >= 15 is 0 Å². The van der Waals surface area contributed by atoms with E-state index in [1.54, 1.807) is 43.3 Å². The van der Waals surface area contributed by atoms with Crippen LogP contribution in [0.3, 0.4) is 0 Å². The van der Waals surface area contributed by atoms with Gasteiger partial charge in [0.15, 0.2) is 0 Å². The first-order valence-corrected chi connectivity index (χ1v) is 13.8. The molecule has 180 valence electrons. The van der Waals surface area contributed by atoms with E-state index in [9.17, 15) is 21.6 Å². The summed E-state index contributed by atoms with van der Waals surface area (Å²) >= 11 is 0. The van der Waals surface area contributed by atoms with E-state index in [-0.39, 0.29) is 23.1 Å². The number of anilines is 2. The number of ether oxygens (including phenoxy) is 1. The van der Waals surface area contributed by atoms with Crippen molar-refractivity contribution in [1.82, 2.24) is 4.31 Å². The Morgan fingerprint density at radius 2 is 1.67 bits per heavy atom. The van der Waals surface area contributed by atoms with Crippen molar-refractivity contribution in [3.8, 4) is 5.75 Å². The van der Waals surface area contributed by atoms with Crippen LogP contribution in [0.15, 0.2) is 53.4 Å². The minimum absolute atomic E-state index is 0.0309. The standard InChI is InChI=1S/C22H29N3O6S2/c1-3-15-32(27,28)24-19-8-6-18(7-9-19)23-22(26)17-5-4-14-25(16-17)33(29,30)21-12-10-20(31-2)11-13-21/h6-13,17,24H,3-5,14-16H2,1-2H3,(H,23,26). The van der Waals surface area contributed by atoms with Crippen LogP contribution < -0.4 is 14.8 Å². The first kappa shape index (κ1) is 25.0. The van der Waals surface area contributed by atoms with Gasteiger partial charge < -0.3 is 10.1 Å². The Morgan fingerprint density at radius 3 is 2.27 bits per heavy atom. The van der Waals surface area contributed by atoms with Crippen LogP contribution in [0.4, 0.5) is 11.4 Å². The molecule has 2 aromatic carbocycles. The highest BCUT2D eigenvalue weighted by Gasteiger charge is 2.33. The molecule has 33 heavy (non-hydrogen) atoms. The molecule has 1 atom stereocenters. The number of carbonyl (C=O) groups excluding carboxylic acids is 1. The average molecular weight is 496 g/mol. The highest BCUT2D eigenvalue weighted by Crippen LogP contribution is 2.26. The highest BCUT2D eigenvalue weighted by atomic mass is 32.2. The number of rotatable bonds is 9. The van der Waals surface area contributed by atoms with E-state index in [1.165, 1.54) is 23.5 Å². The van der Waals surface area contributed by atoms with E-state index in [0.717, 1.165) is 0 Å². The zero-order valence-corrected chi connectivity index (χ0v) is 20.3. The van der Waals surface area contributed by atoms with Crippen LogP contribution in [0, 0.1) is 5.92 Å².